The maximum Gasteiger partial charge on any atom is 0.249 e. The lowest BCUT2D eigenvalue weighted by Gasteiger charge is -2.19. The van der Waals surface area contributed by atoms with Gasteiger partial charge in [-0.05, 0) is 13.8 Å². The van der Waals surface area contributed by atoms with Crippen LogP contribution in [0.1, 0.15) is 13.8 Å². The maximum absolute atomic E-state index is 11.4. The Bertz CT molecular complexity index is 216. The third-order valence-corrected chi connectivity index (χ3v) is 1.89. The van der Waals surface area contributed by atoms with E-state index in [1.165, 1.54) is 12.0 Å². The predicted molar refractivity (Wildman–Crippen MR) is 52.8 cm³/mol. The first kappa shape index (κ1) is 12.9. The summed E-state index contributed by atoms with van der Waals surface area (Å²) in [6.45, 7) is 3.27. The zero-order valence-electron chi connectivity index (χ0n) is 9.33. The molecular formula is C9H18N2O3. The Morgan fingerprint density at radius 2 is 1.79 bits per heavy atom. The minimum atomic E-state index is -0.535. The van der Waals surface area contributed by atoms with Crippen molar-refractivity contribution < 1.29 is 14.3 Å². The number of amides is 2. The van der Waals surface area contributed by atoms with Crippen LogP contribution in [0.25, 0.3) is 0 Å². The number of hydrogen-bond acceptors (Lipinski definition) is 3. The van der Waals surface area contributed by atoms with Crippen LogP contribution in [0, 0.1) is 0 Å². The van der Waals surface area contributed by atoms with Gasteiger partial charge in [0.25, 0.3) is 0 Å². The predicted octanol–water partition coefficient (Wildman–Crippen LogP) is -0.386. The van der Waals surface area contributed by atoms with Crippen molar-refractivity contribution in [2.24, 2.45) is 0 Å². The normalized spacial score (nSPS) is 14.4. The molecule has 5 nitrogen and oxygen atoms in total. The van der Waals surface area contributed by atoms with Gasteiger partial charge in [0.05, 0.1) is 0 Å². The first-order valence-corrected chi connectivity index (χ1v) is 4.44. The lowest BCUT2D eigenvalue weighted by Crippen LogP contribution is -2.47. The molecule has 2 atom stereocenters. The van der Waals surface area contributed by atoms with E-state index in [0.717, 1.165) is 0 Å². The molecule has 0 radical (unpaired) electrons. The second kappa shape index (κ2) is 5.59. The van der Waals surface area contributed by atoms with E-state index >= 15 is 0 Å². The van der Waals surface area contributed by atoms with Gasteiger partial charge in [0, 0.05) is 21.2 Å². The molecule has 2 amide bonds. The third-order valence-electron chi connectivity index (χ3n) is 1.89. The molecule has 0 heterocycles. The minimum Gasteiger partial charge on any atom is -0.372 e. The van der Waals surface area contributed by atoms with Gasteiger partial charge in [-0.15, -0.1) is 0 Å². The zero-order valence-corrected chi connectivity index (χ0v) is 9.33. The molecule has 1 N–H and O–H groups in total. The number of likely N-dealkylation sites (N-methyl/N-ethyl adjacent to an activating group) is 1. The van der Waals surface area contributed by atoms with E-state index in [2.05, 4.69) is 5.32 Å². The van der Waals surface area contributed by atoms with Crippen LogP contribution in [0.5, 0.6) is 0 Å². The molecule has 2 unspecified atom stereocenters. The summed E-state index contributed by atoms with van der Waals surface area (Å²) in [5.41, 5.74) is 0. The monoisotopic (exact) mass is 202 g/mol. The lowest BCUT2D eigenvalue weighted by molar-refractivity contribution is -0.137. The van der Waals surface area contributed by atoms with E-state index in [0.29, 0.717) is 0 Å². The highest BCUT2D eigenvalue weighted by atomic mass is 16.5. The van der Waals surface area contributed by atoms with Gasteiger partial charge >= 0.3 is 0 Å². The number of ether oxygens (including phenoxy) is 1. The van der Waals surface area contributed by atoms with E-state index in [1.807, 2.05) is 0 Å². The molecule has 0 spiro atoms. The SMILES string of the molecule is COC(C)C(=O)NC(C)C(=O)N(C)C. The molecule has 0 saturated heterocycles. The highest BCUT2D eigenvalue weighted by Gasteiger charge is 2.20. The summed E-state index contributed by atoms with van der Waals surface area (Å²) in [4.78, 5) is 24.1. The average Bonchev–Trinajstić information content (AvgIpc) is 2.14. The van der Waals surface area contributed by atoms with Gasteiger partial charge in [-0.3, -0.25) is 9.59 Å². The van der Waals surface area contributed by atoms with Crippen LogP contribution in [-0.4, -0.2) is 50.1 Å². The second-order valence-corrected chi connectivity index (χ2v) is 3.34. The Labute approximate surface area is 84.4 Å². The van der Waals surface area contributed by atoms with Crippen LogP contribution in [0.2, 0.25) is 0 Å². The molecular weight excluding hydrogens is 184 g/mol. The number of hydrogen-bond donors (Lipinski definition) is 1. The Kier molecular flexibility index (Phi) is 5.15. The van der Waals surface area contributed by atoms with Crippen molar-refractivity contribution in [3.63, 3.8) is 0 Å². The molecule has 82 valence electrons. The highest BCUT2D eigenvalue weighted by molar-refractivity contribution is 5.88. The van der Waals surface area contributed by atoms with Crippen molar-refractivity contribution in [1.29, 1.82) is 0 Å². The smallest absolute Gasteiger partial charge is 0.249 e. The Hall–Kier alpha value is -1.10. The van der Waals surface area contributed by atoms with Crippen LogP contribution in [0.3, 0.4) is 0 Å². The Balaban J connectivity index is 4.12. The van der Waals surface area contributed by atoms with Crippen molar-refractivity contribution in [1.82, 2.24) is 10.2 Å². The first-order valence-electron chi connectivity index (χ1n) is 4.44. The summed E-state index contributed by atoms with van der Waals surface area (Å²) in [5.74, 6) is -0.420. The van der Waals surface area contributed by atoms with E-state index in [-0.39, 0.29) is 11.8 Å². The van der Waals surface area contributed by atoms with Crippen LogP contribution < -0.4 is 5.32 Å². The molecule has 5 heteroatoms. The molecule has 0 saturated carbocycles. The Morgan fingerprint density at radius 3 is 2.14 bits per heavy atom. The molecule has 0 aliphatic rings. The number of nitrogens with zero attached hydrogens (tertiary/aromatic N) is 1. The van der Waals surface area contributed by atoms with Crippen molar-refractivity contribution >= 4 is 11.8 Å². The largest absolute Gasteiger partial charge is 0.372 e. The van der Waals surface area contributed by atoms with Crippen molar-refractivity contribution in [2.45, 2.75) is 26.0 Å². The molecule has 0 fully saturated rings. The average molecular weight is 202 g/mol. The molecule has 0 aromatic carbocycles. The molecule has 0 aromatic heterocycles. The van der Waals surface area contributed by atoms with Crippen LogP contribution in [0.15, 0.2) is 0 Å². The summed E-state index contributed by atoms with van der Waals surface area (Å²) in [6.07, 6.45) is -0.535. The van der Waals surface area contributed by atoms with Crippen molar-refractivity contribution in [2.75, 3.05) is 21.2 Å². The minimum absolute atomic E-state index is 0.137. The summed E-state index contributed by atoms with van der Waals surface area (Å²) >= 11 is 0. The van der Waals surface area contributed by atoms with Gasteiger partial charge in [0.1, 0.15) is 12.1 Å². The van der Waals surface area contributed by atoms with Gasteiger partial charge in [-0.2, -0.15) is 0 Å². The van der Waals surface area contributed by atoms with Gasteiger partial charge in [0.2, 0.25) is 11.8 Å². The van der Waals surface area contributed by atoms with E-state index < -0.39 is 12.1 Å². The summed E-state index contributed by atoms with van der Waals surface area (Å²) in [5, 5.41) is 2.56. The number of methoxy groups -OCH3 is 1. The van der Waals surface area contributed by atoms with Gasteiger partial charge in [0.15, 0.2) is 0 Å². The fourth-order valence-electron chi connectivity index (χ4n) is 0.887. The lowest BCUT2D eigenvalue weighted by atomic mass is 10.2. The zero-order chi connectivity index (χ0) is 11.3. The summed E-state index contributed by atoms with van der Waals surface area (Å²) < 4.78 is 4.82. The van der Waals surface area contributed by atoms with Crippen LogP contribution >= 0.6 is 0 Å². The summed E-state index contributed by atoms with van der Waals surface area (Å²) in [6, 6.07) is -0.518. The van der Waals surface area contributed by atoms with Gasteiger partial charge < -0.3 is 15.0 Å². The van der Waals surface area contributed by atoms with Crippen molar-refractivity contribution in [3.05, 3.63) is 0 Å². The standard InChI is InChI=1S/C9H18N2O3/c1-6(9(13)11(3)4)10-8(12)7(2)14-5/h6-7H,1-5H3,(H,10,12). The quantitative estimate of drug-likeness (QED) is 0.675. The van der Waals surface area contributed by atoms with E-state index in [9.17, 15) is 9.59 Å². The molecule has 0 rings (SSSR count). The van der Waals surface area contributed by atoms with Crippen LogP contribution in [-0.2, 0) is 14.3 Å². The second-order valence-electron chi connectivity index (χ2n) is 3.34. The van der Waals surface area contributed by atoms with Gasteiger partial charge in [-0.25, -0.2) is 0 Å². The molecule has 0 aliphatic heterocycles. The fraction of sp³-hybridized carbons (Fsp3) is 0.778. The topological polar surface area (TPSA) is 58.6 Å². The molecule has 0 aromatic rings. The fourth-order valence-corrected chi connectivity index (χ4v) is 0.887. The van der Waals surface area contributed by atoms with Crippen molar-refractivity contribution in [3.8, 4) is 0 Å². The molecule has 0 aliphatic carbocycles. The number of carbonyl (C=O) groups excluding carboxylic acids is 2. The van der Waals surface area contributed by atoms with E-state index in [4.69, 9.17) is 4.74 Å². The molecule has 0 bridgehead atoms. The summed E-state index contributed by atoms with van der Waals surface area (Å²) in [7, 11) is 4.73. The molecule has 14 heavy (non-hydrogen) atoms. The first-order chi connectivity index (χ1) is 6.40. The number of nitrogens with one attached hydrogen (secondary N) is 1. The Morgan fingerprint density at radius 1 is 1.29 bits per heavy atom. The maximum atomic E-state index is 11.4. The van der Waals surface area contributed by atoms with E-state index in [1.54, 1.807) is 27.9 Å². The van der Waals surface area contributed by atoms with Crippen LogP contribution in [0.4, 0.5) is 0 Å². The third kappa shape index (κ3) is 3.74. The number of rotatable bonds is 4. The highest BCUT2D eigenvalue weighted by Crippen LogP contribution is 1.92. The van der Waals surface area contributed by atoms with Gasteiger partial charge in [-0.1, -0.05) is 0 Å². The number of carbonyl (C=O) groups is 2.